The zero-order valence-electron chi connectivity index (χ0n) is 11.9. The second-order valence-electron chi connectivity index (χ2n) is 5.10. The van der Waals surface area contributed by atoms with Crippen LogP contribution in [0.4, 0.5) is 5.69 Å². The number of hydrogen-bond acceptors (Lipinski definition) is 3. The number of amidine groups is 1. The lowest BCUT2D eigenvalue weighted by molar-refractivity contribution is 0.587. The fraction of sp³-hybridized carbons (Fsp3) is 0.500. The molecular weight excluding hydrogens is 266 g/mol. The highest BCUT2D eigenvalue weighted by molar-refractivity contribution is 8.13. The Hall–Kier alpha value is -1.47. The highest BCUT2D eigenvalue weighted by atomic mass is 32.2. The van der Waals surface area contributed by atoms with Gasteiger partial charge >= 0.3 is 0 Å². The standard InChI is InChI=1S/C16H21N3S/c1-20-16(18-14-6-4-2-3-5-7-14)19-15-10-8-13(12-17)9-11-15/h8-11,14H,2-7H2,1H3,(H,18,19). The van der Waals surface area contributed by atoms with Crippen LogP contribution in [0.25, 0.3) is 0 Å². The molecule has 0 atom stereocenters. The van der Waals surface area contributed by atoms with Gasteiger partial charge in [0, 0.05) is 5.69 Å². The van der Waals surface area contributed by atoms with Gasteiger partial charge in [0.25, 0.3) is 0 Å². The van der Waals surface area contributed by atoms with E-state index >= 15 is 0 Å². The molecule has 1 aliphatic rings. The molecule has 1 saturated carbocycles. The smallest absolute Gasteiger partial charge is 0.161 e. The number of nitrogens with zero attached hydrogens (tertiary/aromatic N) is 2. The summed E-state index contributed by atoms with van der Waals surface area (Å²) in [7, 11) is 0. The summed E-state index contributed by atoms with van der Waals surface area (Å²) in [6, 6.07) is 10.1. The number of rotatable bonds is 2. The quantitative estimate of drug-likeness (QED) is 0.498. The van der Waals surface area contributed by atoms with Crippen molar-refractivity contribution < 1.29 is 0 Å². The van der Waals surface area contributed by atoms with E-state index in [1.165, 1.54) is 38.5 Å². The molecule has 3 nitrogen and oxygen atoms in total. The number of benzene rings is 1. The molecular formula is C16H21N3S. The van der Waals surface area contributed by atoms with Crippen molar-refractivity contribution in [1.82, 2.24) is 0 Å². The van der Waals surface area contributed by atoms with Crippen LogP contribution in [-0.4, -0.2) is 17.5 Å². The first-order valence-corrected chi connectivity index (χ1v) is 8.43. The summed E-state index contributed by atoms with van der Waals surface area (Å²) < 4.78 is 0. The molecule has 2 rings (SSSR count). The molecule has 1 aliphatic carbocycles. The van der Waals surface area contributed by atoms with Gasteiger partial charge in [0.1, 0.15) is 0 Å². The first kappa shape index (κ1) is 14.9. The van der Waals surface area contributed by atoms with Gasteiger partial charge in [-0.2, -0.15) is 5.26 Å². The van der Waals surface area contributed by atoms with Gasteiger partial charge in [-0.05, 0) is 43.4 Å². The van der Waals surface area contributed by atoms with Crippen molar-refractivity contribution in [2.45, 2.75) is 44.6 Å². The summed E-state index contributed by atoms with van der Waals surface area (Å²) >= 11 is 1.65. The van der Waals surface area contributed by atoms with Gasteiger partial charge in [-0.25, -0.2) is 0 Å². The number of anilines is 1. The number of aliphatic imine (C=N–C) groups is 1. The summed E-state index contributed by atoms with van der Waals surface area (Å²) in [5, 5.41) is 13.1. The van der Waals surface area contributed by atoms with Crippen molar-refractivity contribution in [1.29, 1.82) is 5.26 Å². The fourth-order valence-electron chi connectivity index (χ4n) is 2.44. The fourth-order valence-corrected chi connectivity index (χ4v) is 2.91. The molecule has 0 radical (unpaired) electrons. The topological polar surface area (TPSA) is 48.2 Å². The predicted octanol–water partition coefficient (Wildman–Crippen LogP) is 4.41. The monoisotopic (exact) mass is 287 g/mol. The normalized spacial score (nSPS) is 17.3. The maximum atomic E-state index is 8.80. The van der Waals surface area contributed by atoms with E-state index in [0.29, 0.717) is 11.6 Å². The van der Waals surface area contributed by atoms with E-state index in [2.05, 4.69) is 11.4 Å². The molecule has 20 heavy (non-hydrogen) atoms. The van der Waals surface area contributed by atoms with Gasteiger partial charge in [-0.3, -0.25) is 4.99 Å². The minimum atomic E-state index is 0.464. The van der Waals surface area contributed by atoms with Crippen molar-refractivity contribution in [2.24, 2.45) is 4.99 Å². The molecule has 1 N–H and O–H groups in total. The van der Waals surface area contributed by atoms with Crippen LogP contribution in [0.2, 0.25) is 0 Å². The van der Waals surface area contributed by atoms with Crippen molar-refractivity contribution in [3.8, 4) is 6.07 Å². The van der Waals surface area contributed by atoms with Crippen LogP contribution >= 0.6 is 11.8 Å². The number of thioether (sulfide) groups is 1. The Bertz CT molecular complexity index is 479. The van der Waals surface area contributed by atoms with Gasteiger partial charge in [-0.1, -0.05) is 37.4 Å². The Balaban J connectivity index is 2.01. The highest BCUT2D eigenvalue weighted by Gasteiger charge is 2.12. The van der Waals surface area contributed by atoms with Crippen LogP contribution in [0.1, 0.15) is 44.1 Å². The third-order valence-corrected chi connectivity index (χ3v) is 4.18. The van der Waals surface area contributed by atoms with Gasteiger partial charge < -0.3 is 5.32 Å². The Morgan fingerprint density at radius 2 is 1.85 bits per heavy atom. The minimum absolute atomic E-state index is 0.464. The van der Waals surface area contributed by atoms with E-state index in [-0.39, 0.29) is 0 Å². The Morgan fingerprint density at radius 3 is 2.40 bits per heavy atom. The molecule has 1 aromatic rings. The molecule has 0 spiro atoms. The average molecular weight is 287 g/mol. The number of hydrogen-bond donors (Lipinski definition) is 1. The highest BCUT2D eigenvalue weighted by Crippen LogP contribution is 2.21. The summed E-state index contributed by atoms with van der Waals surface area (Å²) in [5.74, 6) is 0. The van der Waals surface area contributed by atoms with Crippen molar-refractivity contribution in [3.05, 3.63) is 29.8 Å². The molecule has 0 bridgehead atoms. The van der Waals surface area contributed by atoms with E-state index in [0.717, 1.165) is 10.9 Å². The van der Waals surface area contributed by atoms with Crippen molar-refractivity contribution in [2.75, 3.05) is 11.6 Å². The molecule has 0 saturated heterocycles. The van der Waals surface area contributed by atoms with Gasteiger partial charge in [0.05, 0.1) is 17.7 Å². The van der Waals surface area contributed by atoms with Crippen molar-refractivity contribution in [3.63, 3.8) is 0 Å². The molecule has 0 heterocycles. The third kappa shape index (κ3) is 4.57. The van der Waals surface area contributed by atoms with Crippen molar-refractivity contribution >= 4 is 22.6 Å². The Kier molecular flexibility index (Phi) is 5.94. The molecule has 1 aromatic carbocycles. The lowest BCUT2D eigenvalue weighted by Crippen LogP contribution is -2.13. The van der Waals surface area contributed by atoms with Crippen LogP contribution in [0, 0.1) is 11.3 Å². The van der Waals surface area contributed by atoms with Crippen LogP contribution < -0.4 is 5.32 Å². The summed E-state index contributed by atoms with van der Waals surface area (Å²) in [4.78, 5) is 4.86. The van der Waals surface area contributed by atoms with Crippen LogP contribution in [0.3, 0.4) is 0 Å². The van der Waals surface area contributed by atoms with Crippen LogP contribution in [0.15, 0.2) is 29.3 Å². The van der Waals surface area contributed by atoms with E-state index in [4.69, 9.17) is 10.3 Å². The average Bonchev–Trinajstić information content (AvgIpc) is 2.76. The molecule has 4 heteroatoms. The van der Waals surface area contributed by atoms with E-state index < -0.39 is 0 Å². The molecule has 0 amide bonds. The second-order valence-corrected chi connectivity index (χ2v) is 5.89. The SMILES string of the molecule is CSC(=NC1CCCCCC1)Nc1ccc(C#N)cc1. The van der Waals surface area contributed by atoms with E-state index in [1.54, 1.807) is 11.8 Å². The maximum Gasteiger partial charge on any atom is 0.161 e. The van der Waals surface area contributed by atoms with Crippen LogP contribution in [0.5, 0.6) is 0 Å². The van der Waals surface area contributed by atoms with Crippen LogP contribution in [-0.2, 0) is 0 Å². The number of nitriles is 1. The lowest BCUT2D eigenvalue weighted by atomic mass is 10.1. The largest absolute Gasteiger partial charge is 0.335 e. The Labute approximate surface area is 125 Å². The molecule has 0 unspecified atom stereocenters. The third-order valence-electron chi connectivity index (χ3n) is 3.58. The molecule has 0 aliphatic heterocycles. The molecule has 0 aromatic heterocycles. The van der Waals surface area contributed by atoms with Gasteiger partial charge in [0.2, 0.25) is 0 Å². The maximum absolute atomic E-state index is 8.80. The minimum Gasteiger partial charge on any atom is -0.335 e. The first-order valence-electron chi connectivity index (χ1n) is 7.21. The zero-order valence-corrected chi connectivity index (χ0v) is 12.7. The van der Waals surface area contributed by atoms with E-state index in [1.807, 2.05) is 30.5 Å². The second kappa shape index (κ2) is 7.96. The summed E-state index contributed by atoms with van der Waals surface area (Å²) in [5.41, 5.74) is 1.67. The van der Waals surface area contributed by atoms with E-state index in [9.17, 15) is 0 Å². The zero-order chi connectivity index (χ0) is 14.2. The first-order chi connectivity index (χ1) is 9.81. The molecule has 106 valence electrons. The predicted molar refractivity (Wildman–Crippen MR) is 87.2 cm³/mol. The lowest BCUT2D eigenvalue weighted by Gasteiger charge is -2.13. The van der Waals surface area contributed by atoms with Gasteiger partial charge in [0.15, 0.2) is 5.17 Å². The summed E-state index contributed by atoms with van der Waals surface area (Å²) in [6.45, 7) is 0. The number of nitrogens with one attached hydrogen (secondary N) is 1. The van der Waals surface area contributed by atoms with Gasteiger partial charge in [-0.15, -0.1) is 0 Å². The Morgan fingerprint density at radius 1 is 1.20 bits per heavy atom. The molecule has 1 fully saturated rings. The summed E-state index contributed by atoms with van der Waals surface area (Å²) in [6.07, 6.45) is 9.76.